The van der Waals surface area contributed by atoms with Crippen molar-refractivity contribution in [3.05, 3.63) is 57.3 Å². The zero-order chi connectivity index (χ0) is 20.7. The van der Waals surface area contributed by atoms with Crippen molar-refractivity contribution in [1.29, 1.82) is 0 Å². The first-order chi connectivity index (χ1) is 13.9. The van der Waals surface area contributed by atoms with E-state index in [4.69, 9.17) is 4.74 Å². The lowest BCUT2D eigenvalue weighted by molar-refractivity contribution is -0.857. The summed E-state index contributed by atoms with van der Waals surface area (Å²) in [5.74, 6) is -0.494. The van der Waals surface area contributed by atoms with Gasteiger partial charge in [-0.25, -0.2) is 0 Å². The van der Waals surface area contributed by atoms with Crippen molar-refractivity contribution in [2.45, 2.75) is 25.5 Å². The summed E-state index contributed by atoms with van der Waals surface area (Å²) >= 11 is 1.48. The fourth-order valence-corrected chi connectivity index (χ4v) is 4.77. The maximum atomic E-state index is 12.9. The van der Waals surface area contributed by atoms with Crippen LogP contribution in [-0.4, -0.2) is 55.0 Å². The van der Waals surface area contributed by atoms with Crippen LogP contribution in [0.15, 0.2) is 41.3 Å². The highest BCUT2D eigenvalue weighted by atomic mass is 32.1. The Hall–Kier alpha value is -2.64. The molecule has 3 heterocycles. The number of likely N-dealkylation sites (tertiary alicyclic amines) is 1. The van der Waals surface area contributed by atoms with E-state index < -0.39 is 17.7 Å². The second-order valence-electron chi connectivity index (χ2n) is 7.92. The summed E-state index contributed by atoms with van der Waals surface area (Å²) in [5.41, 5.74) is 1.71. The van der Waals surface area contributed by atoms with E-state index in [0.717, 1.165) is 22.6 Å². The van der Waals surface area contributed by atoms with Gasteiger partial charge in [0.05, 0.1) is 38.8 Å². The fourth-order valence-electron chi connectivity index (χ4n) is 3.92. The number of ether oxygens (including phenoxy) is 1. The molecule has 4 rings (SSSR count). The second-order valence-corrected chi connectivity index (χ2v) is 8.90. The number of Topliss-reactive ketones (excluding diaryl/α,β-unsaturated/α-hetero) is 1. The number of hydrogen-bond acceptors (Lipinski definition) is 5. The van der Waals surface area contributed by atoms with E-state index >= 15 is 0 Å². The van der Waals surface area contributed by atoms with E-state index in [1.54, 1.807) is 11.0 Å². The van der Waals surface area contributed by atoms with E-state index in [1.807, 2.05) is 50.7 Å². The third-order valence-electron chi connectivity index (χ3n) is 5.37. The number of nitrogens with one attached hydrogen (secondary N) is 1. The first-order valence-electron chi connectivity index (χ1n) is 9.77. The van der Waals surface area contributed by atoms with E-state index in [0.29, 0.717) is 18.7 Å². The van der Waals surface area contributed by atoms with Gasteiger partial charge in [0.15, 0.2) is 0 Å². The van der Waals surface area contributed by atoms with Gasteiger partial charge in [0.2, 0.25) is 0 Å². The van der Waals surface area contributed by atoms with Crippen molar-refractivity contribution in [2.24, 2.45) is 0 Å². The second kappa shape index (κ2) is 7.65. The summed E-state index contributed by atoms with van der Waals surface area (Å²) in [5, 5.41) is 13.0. The fraction of sp³-hybridized carbons (Fsp3) is 0.364. The molecule has 152 valence electrons. The van der Waals surface area contributed by atoms with Gasteiger partial charge in [0, 0.05) is 16.9 Å². The Bertz CT molecular complexity index is 981. The molecule has 0 aliphatic carbocycles. The minimum atomic E-state index is -0.625. The third kappa shape index (κ3) is 3.56. The molecule has 6 nitrogen and oxygen atoms in total. The van der Waals surface area contributed by atoms with Crippen LogP contribution in [0.25, 0.3) is 5.76 Å². The van der Waals surface area contributed by atoms with Gasteiger partial charge in [-0.1, -0.05) is 6.07 Å². The zero-order valence-corrected chi connectivity index (χ0v) is 17.6. The molecule has 0 spiro atoms. The maximum Gasteiger partial charge on any atom is 0.295 e. The molecule has 1 aromatic carbocycles. The van der Waals surface area contributed by atoms with E-state index in [-0.39, 0.29) is 17.4 Å². The van der Waals surface area contributed by atoms with Gasteiger partial charge in [-0.3, -0.25) is 9.59 Å². The van der Waals surface area contributed by atoms with E-state index in [1.165, 1.54) is 16.2 Å². The quantitative estimate of drug-likeness (QED) is 0.444. The molecule has 7 heteroatoms. The minimum absolute atomic E-state index is 0.0904. The number of quaternary nitrogens is 1. The molecule has 0 radical (unpaired) electrons. The molecule has 2 aliphatic heterocycles. The first kappa shape index (κ1) is 19.7. The number of amides is 1. The largest absolute Gasteiger partial charge is 0.507 e. The van der Waals surface area contributed by atoms with Crippen molar-refractivity contribution in [2.75, 3.05) is 27.2 Å². The molecule has 2 atom stereocenters. The average molecular weight is 414 g/mol. The molecule has 29 heavy (non-hydrogen) atoms. The van der Waals surface area contributed by atoms with Crippen molar-refractivity contribution < 1.29 is 24.3 Å². The van der Waals surface area contributed by atoms with Crippen LogP contribution >= 0.6 is 11.3 Å². The number of carbonyl (C=O) groups excluding carboxylic acids is 2. The summed E-state index contributed by atoms with van der Waals surface area (Å²) < 4.78 is 5.73. The van der Waals surface area contributed by atoms with E-state index in [2.05, 4.69) is 0 Å². The number of fused-ring (bicyclic) bond motifs is 1. The molecule has 0 bridgehead atoms. The summed E-state index contributed by atoms with van der Waals surface area (Å²) in [6, 6.07) is 8.66. The third-order valence-corrected chi connectivity index (χ3v) is 6.30. The number of rotatable bonds is 5. The summed E-state index contributed by atoms with van der Waals surface area (Å²) in [6.07, 6.45) is 0.845. The predicted molar refractivity (Wildman–Crippen MR) is 111 cm³/mol. The summed E-state index contributed by atoms with van der Waals surface area (Å²) in [7, 11) is 4.01. The number of ketones is 1. The highest BCUT2D eigenvalue weighted by Crippen LogP contribution is 2.41. The Morgan fingerprint density at radius 2 is 2.10 bits per heavy atom. The van der Waals surface area contributed by atoms with Gasteiger partial charge in [-0.15, -0.1) is 11.3 Å². The minimum Gasteiger partial charge on any atom is -0.507 e. The van der Waals surface area contributed by atoms with Crippen LogP contribution in [0, 0.1) is 0 Å². The number of aliphatic hydroxyl groups is 1. The molecule has 0 unspecified atom stereocenters. The molecular weight excluding hydrogens is 388 g/mol. The Morgan fingerprint density at radius 3 is 2.79 bits per heavy atom. The SMILES string of the molecule is C[C@@H]1Cc2cc(C(O)=C3C(=O)C(=O)N(CC[NH+](C)C)[C@H]3c3cccs3)ccc2O1. The highest BCUT2D eigenvalue weighted by Gasteiger charge is 2.46. The van der Waals surface area contributed by atoms with Gasteiger partial charge in [0.25, 0.3) is 11.7 Å². The van der Waals surface area contributed by atoms with Crippen LogP contribution in [0.4, 0.5) is 0 Å². The van der Waals surface area contributed by atoms with Crippen LogP contribution in [0.3, 0.4) is 0 Å². The van der Waals surface area contributed by atoms with Crippen molar-refractivity contribution in [3.8, 4) is 5.75 Å². The van der Waals surface area contributed by atoms with Crippen molar-refractivity contribution in [3.63, 3.8) is 0 Å². The molecular formula is C22H25N2O4S+. The highest BCUT2D eigenvalue weighted by molar-refractivity contribution is 7.10. The van der Waals surface area contributed by atoms with Gasteiger partial charge < -0.3 is 19.6 Å². The number of thiophene rings is 1. The summed E-state index contributed by atoms with van der Waals surface area (Å²) in [4.78, 5) is 29.4. The molecule has 2 N–H and O–H groups in total. The Balaban J connectivity index is 1.78. The smallest absolute Gasteiger partial charge is 0.295 e. The number of aliphatic hydroxyl groups excluding tert-OH is 1. The normalized spacial score (nSPS) is 23.0. The Morgan fingerprint density at radius 1 is 1.31 bits per heavy atom. The standard InChI is InChI=1S/C22H24N2O4S/c1-13-11-15-12-14(6-7-16(15)28-13)20(25)18-19(17-5-4-10-29-17)24(9-8-23(2)3)22(27)21(18)26/h4-7,10,12-13,19,25H,8-9,11H2,1-3H3/p+1/t13-,19+/m1/s1. The summed E-state index contributed by atoms with van der Waals surface area (Å²) in [6.45, 7) is 3.15. The average Bonchev–Trinajstić information content (AvgIpc) is 3.38. The Kier molecular flexibility index (Phi) is 5.19. The first-order valence-corrected chi connectivity index (χ1v) is 10.7. The van der Waals surface area contributed by atoms with Gasteiger partial charge in [-0.05, 0) is 42.1 Å². The van der Waals surface area contributed by atoms with Gasteiger partial charge >= 0.3 is 0 Å². The van der Waals surface area contributed by atoms with E-state index in [9.17, 15) is 14.7 Å². The topological polar surface area (TPSA) is 71.3 Å². The number of carbonyl (C=O) groups is 2. The molecule has 1 fully saturated rings. The van der Waals surface area contributed by atoms with Crippen molar-refractivity contribution >= 4 is 28.8 Å². The lowest BCUT2D eigenvalue weighted by Gasteiger charge is -2.24. The number of hydrogen-bond donors (Lipinski definition) is 2. The number of likely N-dealkylation sites (N-methyl/N-ethyl adjacent to an activating group) is 1. The lowest BCUT2D eigenvalue weighted by Crippen LogP contribution is -3.06. The predicted octanol–water partition coefficient (Wildman–Crippen LogP) is 1.64. The Labute approximate surface area is 174 Å². The monoisotopic (exact) mass is 413 g/mol. The number of nitrogens with zero attached hydrogens (tertiary/aromatic N) is 1. The van der Waals surface area contributed by atoms with Gasteiger partial charge in [0.1, 0.15) is 17.6 Å². The van der Waals surface area contributed by atoms with Crippen LogP contribution in [0.2, 0.25) is 0 Å². The molecule has 0 saturated carbocycles. The van der Waals surface area contributed by atoms with Crippen LogP contribution < -0.4 is 9.64 Å². The molecule has 1 amide bonds. The molecule has 1 saturated heterocycles. The van der Waals surface area contributed by atoms with Crippen LogP contribution in [-0.2, 0) is 16.0 Å². The van der Waals surface area contributed by atoms with Crippen LogP contribution in [0.5, 0.6) is 5.75 Å². The van der Waals surface area contributed by atoms with Crippen LogP contribution in [0.1, 0.15) is 29.0 Å². The number of benzene rings is 1. The molecule has 2 aromatic rings. The lowest BCUT2D eigenvalue weighted by atomic mass is 9.98. The van der Waals surface area contributed by atoms with Crippen molar-refractivity contribution in [1.82, 2.24) is 4.90 Å². The molecule has 1 aromatic heterocycles. The van der Waals surface area contributed by atoms with Gasteiger partial charge in [-0.2, -0.15) is 0 Å². The maximum absolute atomic E-state index is 12.9. The molecule has 2 aliphatic rings. The zero-order valence-electron chi connectivity index (χ0n) is 16.8.